The zero-order chi connectivity index (χ0) is 19.8. The molecule has 4 rings (SSSR count). The molecule has 8 nitrogen and oxygen atoms in total. The molecule has 2 aromatic heterocycles. The number of aromatic amines is 1. The summed E-state index contributed by atoms with van der Waals surface area (Å²) in [4.78, 5) is 33.3. The molecule has 3 heterocycles. The van der Waals surface area contributed by atoms with E-state index in [-0.39, 0.29) is 17.9 Å². The number of carbonyl (C=O) groups is 2. The smallest absolute Gasteiger partial charge is 0.404 e. The van der Waals surface area contributed by atoms with E-state index in [2.05, 4.69) is 32.1 Å². The van der Waals surface area contributed by atoms with Gasteiger partial charge in [-0.3, -0.25) is 4.79 Å². The highest BCUT2D eigenvalue weighted by atomic mass is 16.4. The normalized spacial score (nSPS) is 19.5. The van der Waals surface area contributed by atoms with Crippen molar-refractivity contribution in [3.8, 4) is 0 Å². The van der Waals surface area contributed by atoms with E-state index in [0.29, 0.717) is 17.9 Å². The van der Waals surface area contributed by atoms with Gasteiger partial charge >= 0.3 is 6.09 Å². The molecule has 4 N–H and O–H groups in total. The van der Waals surface area contributed by atoms with Gasteiger partial charge in [0.1, 0.15) is 5.65 Å². The fourth-order valence-electron chi connectivity index (χ4n) is 3.87. The topological polar surface area (TPSA) is 110 Å². The molecule has 2 aliphatic rings. The van der Waals surface area contributed by atoms with E-state index < -0.39 is 6.09 Å². The Labute approximate surface area is 163 Å². The highest BCUT2D eigenvalue weighted by Gasteiger charge is 2.31. The van der Waals surface area contributed by atoms with E-state index in [1.54, 1.807) is 12.4 Å². The maximum absolute atomic E-state index is 12.3. The molecular formula is C20H25N5O3. The third-order valence-electron chi connectivity index (χ3n) is 5.41. The van der Waals surface area contributed by atoms with Gasteiger partial charge in [0, 0.05) is 43.0 Å². The number of rotatable bonds is 5. The summed E-state index contributed by atoms with van der Waals surface area (Å²) >= 11 is 0. The number of nitrogens with zero attached hydrogens (tertiary/aromatic N) is 2. The number of pyridine rings is 1. The molecule has 0 radical (unpaired) electrons. The second-order valence-corrected chi connectivity index (χ2v) is 7.72. The first kappa shape index (κ1) is 18.3. The average molecular weight is 383 g/mol. The van der Waals surface area contributed by atoms with Crippen LogP contribution in [0.5, 0.6) is 0 Å². The highest BCUT2D eigenvalue weighted by Crippen LogP contribution is 2.39. The predicted octanol–water partition coefficient (Wildman–Crippen LogP) is 3.18. The molecule has 0 aromatic carbocycles. The van der Waals surface area contributed by atoms with Crippen LogP contribution in [0.2, 0.25) is 0 Å². The molecule has 1 saturated carbocycles. The first-order valence-corrected chi connectivity index (χ1v) is 9.65. The molecular weight excluding hydrogens is 358 g/mol. The minimum Gasteiger partial charge on any atom is -0.465 e. The molecule has 148 valence electrons. The molecule has 1 aliphatic heterocycles. The number of carbonyl (C=O) groups excluding carboxylic acids is 1. The summed E-state index contributed by atoms with van der Waals surface area (Å²) in [5, 5.41) is 15.6. The van der Waals surface area contributed by atoms with Crippen LogP contribution in [0.3, 0.4) is 0 Å². The monoisotopic (exact) mass is 383 g/mol. The van der Waals surface area contributed by atoms with Crippen molar-refractivity contribution in [1.29, 1.82) is 0 Å². The summed E-state index contributed by atoms with van der Waals surface area (Å²) in [5.41, 5.74) is 4.13. The molecule has 0 bridgehead atoms. The first-order valence-electron chi connectivity index (χ1n) is 9.65. The molecule has 0 spiro atoms. The highest BCUT2D eigenvalue weighted by molar-refractivity contribution is 6.09. The molecule has 1 saturated heterocycles. The minimum absolute atomic E-state index is 0.0386. The fourth-order valence-corrected chi connectivity index (χ4v) is 3.87. The Morgan fingerprint density at radius 3 is 2.82 bits per heavy atom. The van der Waals surface area contributed by atoms with Crippen LogP contribution < -0.4 is 15.5 Å². The lowest BCUT2D eigenvalue weighted by Gasteiger charge is -2.36. The Morgan fingerprint density at radius 1 is 1.36 bits per heavy atom. The van der Waals surface area contributed by atoms with Gasteiger partial charge in [-0.2, -0.15) is 0 Å². The van der Waals surface area contributed by atoms with E-state index in [1.165, 1.54) is 0 Å². The quantitative estimate of drug-likeness (QED) is 0.634. The number of aromatic nitrogens is 2. The third-order valence-corrected chi connectivity index (χ3v) is 5.41. The summed E-state index contributed by atoms with van der Waals surface area (Å²) < 4.78 is 0. The average Bonchev–Trinajstić information content (AvgIpc) is 3.43. The standard InChI is InChI=1S/C20H25N5O3/c1-11(2)14-8-21-18-16(15(9-22-18)24-19(26)12-5-6-12)17(14)25-7-3-4-13(10-25)23-20(27)28/h8-9,12-13,23H,1,3-7,10H2,2H3,(H,21,22)(H,24,26)(H,27,28). The number of amides is 2. The van der Waals surface area contributed by atoms with Crippen molar-refractivity contribution in [2.75, 3.05) is 23.3 Å². The summed E-state index contributed by atoms with van der Waals surface area (Å²) in [6.07, 6.45) is 6.11. The van der Waals surface area contributed by atoms with E-state index in [1.807, 2.05) is 6.92 Å². The van der Waals surface area contributed by atoms with Crippen molar-refractivity contribution < 1.29 is 14.7 Å². The van der Waals surface area contributed by atoms with Crippen molar-refractivity contribution in [2.45, 2.75) is 38.6 Å². The minimum atomic E-state index is -1.01. The number of fused-ring (bicyclic) bond motifs is 1. The van der Waals surface area contributed by atoms with Crippen LogP contribution in [-0.4, -0.2) is 46.2 Å². The van der Waals surface area contributed by atoms with Crippen LogP contribution in [0.4, 0.5) is 16.2 Å². The number of hydrogen-bond donors (Lipinski definition) is 4. The van der Waals surface area contributed by atoms with Crippen molar-refractivity contribution in [3.63, 3.8) is 0 Å². The van der Waals surface area contributed by atoms with Crippen molar-refractivity contribution in [3.05, 3.63) is 24.5 Å². The van der Waals surface area contributed by atoms with Crippen LogP contribution in [0.25, 0.3) is 16.6 Å². The Bertz CT molecular complexity index is 947. The first-order chi connectivity index (χ1) is 13.4. The van der Waals surface area contributed by atoms with Gasteiger partial charge in [-0.05, 0) is 38.2 Å². The zero-order valence-electron chi connectivity index (χ0n) is 15.9. The number of anilines is 2. The van der Waals surface area contributed by atoms with E-state index in [9.17, 15) is 9.59 Å². The number of hydrogen-bond acceptors (Lipinski definition) is 4. The Kier molecular flexibility index (Phi) is 4.70. The van der Waals surface area contributed by atoms with Crippen molar-refractivity contribution in [2.24, 2.45) is 5.92 Å². The molecule has 1 unspecified atom stereocenters. The summed E-state index contributed by atoms with van der Waals surface area (Å²) in [6, 6.07) is -0.143. The maximum atomic E-state index is 12.3. The predicted molar refractivity (Wildman–Crippen MR) is 109 cm³/mol. The van der Waals surface area contributed by atoms with Crippen LogP contribution in [0.1, 0.15) is 38.2 Å². The van der Waals surface area contributed by atoms with Gasteiger partial charge in [0.15, 0.2) is 0 Å². The second-order valence-electron chi connectivity index (χ2n) is 7.72. The molecule has 8 heteroatoms. The Morgan fingerprint density at radius 2 is 2.14 bits per heavy atom. The lowest BCUT2D eigenvalue weighted by atomic mass is 10.0. The van der Waals surface area contributed by atoms with Gasteiger partial charge in [-0.1, -0.05) is 6.58 Å². The summed E-state index contributed by atoms with van der Waals surface area (Å²) in [6.45, 7) is 7.39. The van der Waals surface area contributed by atoms with E-state index >= 15 is 0 Å². The summed E-state index contributed by atoms with van der Waals surface area (Å²) in [5.74, 6) is 0.140. The lowest BCUT2D eigenvalue weighted by molar-refractivity contribution is -0.117. The SMILES string of the molecule is C=C(C)c1cnc2[nH]cc(NC(=O)C3CC3)c2c1N1CCCC(NC(=O)O)C1. The number of carboxylic acid groups (broad SMARTS) is 1. The van der Waals surface area contributed by atoms with Gasteiger partial charge in [0.25, 0.3) is 0 Å². The van der Waals surface area contributed by atoms with Crippen LogP contribution >= 0.6 is 0 Å². The van der Waals surface area contributed by atoms with Gasteiger partial charge in [0.2, 0.25) is 5.91 Å². The Balaban J connectivity index is 1.76. The zero-order valence-corrected chi connectivity index (χ0v) is 15.9. The van der Waals surface area contributed by atoms with Gasteiger partial charge in [-0.15, -0.1) is 0 Å². The number of nitrogens with one attached hydrogen (secondary N) is 3. The van der Waals surface area contributed by atoms with E-state index in [0.717, 1.165) is 54.4 Å². The number of allylic oxidation sites excluding steroid dienone is 1. The van der Waals surface area contributed by atoms with Gasteiger partial charge in [-0.25, -0.2) is 9.78 Å². The molecule has 28 heavy (non-hydrogen) atoms. The van der Waals surface area contributed by atoms with E-state index in [4.69, 9.17) is 5.11 Å². The summed E-state index contributed by atoms with van der Waals surface area (Å²) in [7, 11) is 0. The second kappa shape index (κ2) is 7.18. The van der Waals surface area contributed by atoms with Crippen LogP contribution in [0, 0.1) is 5.92 Å². The number of H-pyrrole nitrogens is 1. The van der Waals surface area contributed by atoms with Gasteiger partial charge in [0.05, 0.1) is 16.8 Å². The maximum Gasteiger partial charge on any atom is 0.404 e. The fraction of sp³-hybridized carbons (Fsp3) is 0.450. The van der Waals surface area contributed by atoms with Crippen molar-refractivity contribution in [1.82, 2.24) is 15.3 Å². The molecule has 2 aromatic rings. The molecule has 1 atom stereocenters. The Hall–Kier alpha value is -3.03. The largest absolute Gasteiger partial charge is 0.465 e. The lowest BCUT2D eigenvalue weighted by Crippen LogP contribution is -2.47. The van der Waals surface area contributed by atoms with Gasteiger partial charge < -0.3 is 25.6 Å². The third kappa shape index (κ3) is 3.54. The molecule has 1 aliphatic carbocycles. The van der Waals surface area contributed by atoms with Crippen LogP contribution in [0.15, 0.2) is 19.0 Å². The molecule has 2 fully saturated rings. The molecule has 2 amide bonds. The van der Waals surface area contributed by atoms with Crippen LogP contribution in [-0.2, 0) is 4.79 Å². The van der Waals surface area contributed by atoms with Crippen molar-refractivity contribution >= 4 is 40.0 Å². The number of piperidine rings is 1.